The Morgan fingerprint density at radius 3 is 1.68 bits per heavy atom. The molecule has 0 aliphatic heterocycles. The number of benzene rings is 3. The van der Waals surface area contributed by atoms with E-state index in [2.05, 4.69) is 13.2 Å². The van der Waals surface area contributed by atoms with Gasteiger partial charge in [-0.25, -0.2) is 9.59 Å². The van der Waals surface area contributed by atoms with E-state index in [-0.39, 0.29) is 11.1 Å². The molecule has 156 valence electrons. The summed E-state index contributed by atoms with van der Waals surface area (Å²) >= 11 is 0. The van der Waals surface area contributed by atoms with Gasteiger partial charge in [-0.05, 0) is 50.2 Å². The van der Waals surface area contributed by atoms with Crippen LogP contribution in [-0.2, 0) is 9.59 Å². The van der Waals surface area contributed by atoms with Gasteiger partial charge in [0, 0.05) is 28.6 Å². The van der Waals surface area contributed by atoms with Crippen LogP contribution < -0.4 is 14.4 Å². The van der Waals surface area contributed by atoms with Crippen LogP contribution in [0, 0.1) is 0 Å². The zero-order valence-electron chi connectivity index (χ0n) is 17.5. The van der Waals surface area contributed by atoms with E-state index in [1.807, 2.05) is 65.6 Å². The monoisotopic (exact) mass is 413 g/mol. The molecule has 5 heteroatoms. The molecule has 3 rings (SSSR count). The lowest BCUT2D eigenvalue weighted by atomic mass is 10.1. The Kier molecular flexibility index (Phi) is 6.67. The van der Waals surface area contributed by atoms with Crippen LogP contribution in [0.25, 0.3) is 0 Å². The predicted octanol–water partition coefficient (Wildman–Crippen LogP) is 6.12. The molecule has 0 amide bonds. The van der Waals surface area contributed by atoms with Crippen LogP contribution in [0.2, 0.25) is 0 Å². The fraction of sp³-hybridized carbons (Fsp3) is 0.0769. The van der Waals surface area contributed by atoms with Gasteiger partial charge in [-0.1, -0.05) is 49.6 Å². The van der Waals surface area contributed by atoms with Gasteiger partial charge < -0.3 is 14.4 Å². The summed E-state index contributed by atoms with van der Waals surface area (Å²) in [6, 6.07) is 24.0. The second kappa shape index (κ2) is 9.59. The van der Waals surface area contributed by atoms with Crippen LogP contribution in [0.15, 0.2) is 103 Å². The highest BCUT2D eigenvalue weighted by atomic mass is 16.5. The molecule has 0 bridgehead atoms. The normalized spacial score (nSPS) is 10.1. The van der Waals surface area contributed by atoms with Crippen molar-refractivity contribution in [2.75, 3.05) is 4.90 Å². The van der Waals surface area contributed by atoms with Gasteiger partial charge in [0.05, 0.1) is 5.69 Å². The standard InChI is InChI=1S/C26H23NO4/c1-18(2)25(28)30-22-15-16-24(31-26(29)19(3)4)23(17-22)27(20-11-7-5-8-12-20)21-13-9-6-10-14-21/h5-17H,1,3H2,2,4H3. The van der Waals surface area contributed by atoms with Crippen molar-refractivity contribution in [1.29, 1.82) is 0 Å². The second-order valence-electron chi connectivity index (χ2n) is 6.98. The summed E-state index contributed by atoms with van der Waals surface area (Å²) in [5, 5.41) is 0. The van der Waals surface area contributed by atoms with Crippen molar-refractivity contribution in [3.63, 3.8) is 0 Å². The van der Waals surface area contributed by atoms with Crippen molar-refractivity contribution in [1.82, 2.24) is 0 Å². The highest BCUT2D eigenvalue weighted by Crippen LogP contribution is 2.42. The molecule has 0 N–H and O–H groups in total. The first-order chi connectivity index (χ1) is 14.9. The minimum Gasteiger partial charge on any atom is -0.423 e. The summed E-state index contributed by atoms with van der Waals surface area (Å²) in [6.45, 7) is 10.4. The Morgan fingerprint density at radius 2 is 1.19 bits per heavy atom. The quantitative estimate of drug-likeness (QED) is 0.265. The summed E-state index contributed by atoms with van der Waals surface area (Å²) in [5.74, 6) is -0.483. The van der Waals surface area contributed by atoms with Gasteiger partial charge in [-0.15, -0.1) is 0 Å². The van der Waals surface area contributed by atoms with Crippen molar-refractivity contribution in [3.8, 4) is 11.5 Å². The first kappa shape index (κ1) is 21.6. The lowest BCUT2D eigenvalue weighted by molar-refractivity contribution is -0.131. The smallest absolute Gasteiger partial charge is 0.338 e. The minimum atomic E-state index is -0.547. The molecule has 0 aliphatic rings. The SMILES string of the molecule is C=C(C)C(=O)Oc1ccc(OC(=O)C(=C)C)c(N(c2ccccc2)c2ccccc2)c1. The van der Waals surface area contributed by atoms with Gasteiger partial charge in [0.15, 0.2) is 5.75 Å². The number of nitrogens with zero attached hydrogens (tertiary/aromatic N) is 1. The summed E-state index contributed by atoms with van der Waals surface area (Å²) < 4.78 is 11.0. The number of hydrogen-bond acceptors (Lipinski definition) is 5. The molecule has 0 atom stereocenters. The maximum Gasteiger partial charge on any atom is 0.338 e. The molecule has 5 nitrogen and oxygen atoms in total. The maximum absolute atomic E-state index is 12.3. The Labute approximate surface area is 181 Å². The third kappa shape index (κ3) is 5.28. The van der Waals surface area contributed by atoms with Gasteiger partial charge in [0.2, 0.25) is 0 Å². The molecule has 0 aromatic heterocycles. The Hall–Kier alpha value is -4.12. The average Bonchev–Trinajstić information content (AvgIpc) is 2.77. The highest BCUT2D eigenvalue weighted by molar-refractivity contribution is 5.92. The van der Waals surface area contributed by atoms with Crippen LogP contribution in [0.1, 0.15) is 13.8 Å². The van der Waals surface area contributed by atoms with Crippen molar-refractivity contribution >= 4 is 29.0 Å². The fourth-order valence-corrected chi connectivity index (χ4v) is 2.78. The van der Waals surface area contributed by atoms with E-state index in [0.29, 0.717) is 17.2 Å². The molecule has 3 aromatic rings. The van der Waals surface area contributed by atoms with Crippen molar-refractivity contribution < 1.29 is 19.1 Å². The molecular formula is C26H23NO4. The molecule has 3 aromatic carbocycles. The van der Waals surface area contributed by atoms with E-state index >= 15 is 0 Å². The Balaban J connectivity index is 2.18. The Morgan fingerprint density at radius 1 is 0.710 bits per heavy atom. The summed E-state index contributed by atoms with van der Waals surface area (Å²) in [6.07, 6.45) is 0. The van der Waals surface area contributed by atoms with Gasteiger partial charge in [0.25, 0.3) is 0 Å². The van der Waals surface area contributed by atoms with Crippen molar-refractivity contribution in [3.05, 3.63) is 103 Å². The number of rotatable bonds is 7. The lowest BCUT2D eigenvalue weighted by Crippen LogP contribution is -2.15. The third-order valence-electron chi connectivity index (χ3n) is 4.31. The van der Waals surface area contributed by atoms with Gasteiger partial charge in [0.1, 0.15) is 5.75 Å². The van der Waals surface area contributed by atoms with E-state index in [9.17, 15) is 9.59 Å². The molecule has 0 saturated carbocycles. The van der Waals surface area contributed by atoms with Crippen LogP contribution in [0.5, 0.6) is 11.5 Å². The maximum atomic E-state index is 12.3. The Bertz CT molecular complexity index is 1080. The van der Waals surface area contributed by atoms with E-state index in [1.165, 1.54) is 0 Å². The number of ether oxygens (including phenoxy) is 2. The highest BCUT2D eigenvalue weighted by Gasteiger charge is 2.20. The first-order valence-electron chi connectivity index (χ1n) is 9.66. The van der Waals surface area contributed by atoms with Crippen molar-refractivity contribution in [2.45, 2.75) is 13.8 Å². The van der Waals surface area contributed by atoms with Gasteiger partial charge >= 0.3 is 11.9 Å². The number of hydrogen-bond donors (Lipinski definition) is 0. The molecule has 0 radical (unpaired) electrons. The molecule has 0 fully saturated rings. The number of carbonyl (C=O) groups excluding carboxylic acids is 2. The third-order valence-corrected chi connectivity index (χ3v) is 4.31. The molecule has 0 spiro atoms. The van der Waals surface area contributed by atoms with E-state index in [1.54, 1.807) is 32.0 Å². The second-order valence-corrected chi connectivity index (χ2v) is 6.98. The molecule has 0 unspecified atom stereocenters. The lowest BCUT2D eigenvalue weighted by Gasteiger charge is -2.27. The number of para-hydroxylation sites is 2. The zero-order valence-corrected chi connectivity index (χ0v) is 17.5. The molecule has 0 aliphatic carbocycles. The van der Waals surface area contributed by atoms with E-state index in [4.69, 9.17) is 9.47 Å². The van der Waals surface area contributed by atoms with Crippen LogP contribution in [0.3, 0.4) is 0 Å². The summed E-state index contributed by atoms with van der Waals surface area (Å²) in [4.78, 5) is 26.2. The predicted molar refractivity (Wildman–Crippen MR) is 122 cm³/mol. The molecule has 0 saturated heterocycles. The van der Waals surface area contributed by atoms with Crippen LogP contribution >= 0.6 is 0 Å². The van der Waals surface area contributed by atoms with Crippen molar-refractivity contribution in [2.24, 2.45) is 0 Å². The number of esters is 2. The van der Waals surface area contributed by atoms with Crippen LogP contribution in [-0.4, -0.2) is 11.9 Å². The zero-order chi connectivity index (χ0) is 22.4. The van der Waals surface area contributed by atoms with Crippen LogP contribution in [0.4, 0.5) is 17.1 Å². The molecule has 0 heterocycles. The summed E-state index contributed by atoms with van der Waals surface area (Å²) in [7, 11) is 0. The average molecular weight is 413 g/mol. The summed E-state index contributed by atoms with van der Waals surface area (Å²) in [5.41, 5.74) is 2.76. The first-order valence-corrected chi connectivity index (χ1v) is 9.66. The minimum absolute atomic E-state index is 0.273. The molecular weight excluding hydrogens is 390 g/mol. The van der Waals surface area contributed by atoms with Gasteiger partial charge in [-0.2, -0.15) is 0 Å². The number of carbonyl (C=O) groups is 2. The molecule has 31 heavy (non-hydrogen) atoms. The number of anilines is 3. The topological polar surface area (TPSA) is 55.8 Å². The fourth-order valence-electron chi connectivity index (χ4n) is 2.78. The van der Waals surface area contributed by atoms with Gasteiger partial charge in [-0.3, -0.25) is 0 Å². The van der Waals surface area contributed by atoms with E-state index < -0.39 is 11.9 Å². The van der Waals surface area contributed by atoms with E-state index in [0.717, 1.165) is 11.4 Å². The largest absolute Gasteiger partial charge is 0.423 e.